The minimum absolute atomic E-state index is 0. The van der Waals surface area contributed by atoms with E-state index in [4.69, 9.17) is 9.84 Å². The van der Waals surface area contributed by atoms with Gasteiger partial charge in [-0.3, -0.25) is 0 Å². The van der Waals surface area contributed by atoms with E-state index < -0.39 is 0 Å². The maximum absolute atomic E-state index is 8.75. The summed E-state index contributed by atoms with van der Waals surface area (Å²) in [5.74, 6) is 1.96. The highest BCUT2D eigenvalue weighted by Gasteiger charge is 2.00. The topological polar surface area (TPSA) is 79.3 Å². The number of nitrogens with zero attached hydrogens (tertiary/aromatic N) is 2. The fraction of sp³-hybridized carbons (Fsp3) is 0.231. The lowest BCUT2D eigenvalue weighted by atomic mass is 10.3. The molecule has 2 aromatic rings. The number of methoxy groups -OCH3 is 1. The predicted molar refractivity (Wildman–Crippen MR) is 81.1 cm³/mol. The lowest BCUT2D eigenvalue weighted by molar-refractivity contribution is 0.311. The van der Waals surface area contributed by atoms with Gasteiger partial charge >= 0.3 is 0 Å². The number of ether oxygens (including phenoxy) is 1. The Morgan fingerprint density at radius 3 is 2.60 bits per heavy atom. The lowest BCUT2D eigenvalue weighted by Gasteiger charge is -2.08. The summed E-state index contributed by atoms with van der Waals surface area (Å²) in [6.07, 6.45) is 1.65. The van der Waals surface area contributed by atoms with E-state index in [-0.39, 0.29) is 19.0 Å². The minimum Gasteiger partial charge on any atom is -0.497 e. The molecule has 6 nitrogen and oxygen atoms in total. The first kappa shape index (κ1) is 16.0. The summed E-state index contributed by atoms with van der Waals surface area (Å²) in [7, 11) is 1.63. The van der Waals surface area contributed by atoms with E-state index in [0.29, 0.717) is 18.3 Å². The summed E-state index contributed by atoms with van der Waals surface area (Å²) < 4.78 is 5.09. The number of aliphatic hydroxyl groups excluding tert-OH is 1. The molecule has 3 N–H and O–H groups in total. The standard InChI is InChI=1S/C13H16N4O2.ClH/c1-19-11-4-2-10(3-5-11)16-13-15-7-6-12(17-13)14-8-9-18;/h2-7,18H,8-9H2,1H3,(H2,14,15,16,17);1H. The average Bonchev–Trinajstić information content (AvgIpc) is 2.46. The molecule has 1 heterocycles. The SMILES string of the molecule is COc1ccc(Nc2nccc(NCCO)n2)cc1.Cl. The molecule has 0 bridgehead atoms. The highest BCUT2D eigenvalue weighted by Crippen LogP contribution is 2.18. The first-order valence-electron chi connectivity index (χ1n) is 5.90. The monoisotopic (exact) mass is 296 g/mol. The van der Waals surface area contributed by atoms with Crippen molar-refractivity contribution in [3.05, 3.63) is 36.5 Å². The Hall–Kier alpha value is -2.05. The molecule has 0 aliphatic heterocycles. The zero-order valence-electron chi connectivity index (χ0n) is 11.0. The average molecular weight is 297 g/mol. The van der Waals surface area contributed by atoms with Crippen molar-refractivity contribution in [1.82, 2.24) is 9.97 Å². The van der Waals surface area contributed by atoms with Crippen LogP contribution in [-0.4, -0.2) is 35.3 Å². The zero-order valence-corrected chi connectivity index (χ0v) is 11.9. The Morgan fingerprint density at radius 1 is 1.20 bits per heavy atom. The van der Waals surface area contributed by atoms with Crippen LogP contribution in [0, 0.1) is 0 Å². The number of rotatable bonds is 6. The molecular formula is C13H17ClN4O2. The van der Waals surface area contributed by atoms with Gasteiger partial charge in [0.1, 0.15) is 11.6 Å². The van der Waals surface area contributed by atoms with Gasteiger partial charge in [-0.25, -0.2) is 4.98 Å². The molecule has 0 atom stereocenters. The van der Waals surface area contributed by atoms with Crippen LogP contribution in [0.2, 0.25) is 0 Å². The molecular weight excluding hydrogens is 280 g/mol. The largest absolute Gasteiger partial charge is 0.497 e. The van der Waals surface area contributed by atoms with Crippen LogP contribution in [-0.2, 0) is 0 Å². The van der Waals surface area contributed by atoms with Gasteiger partial charge in [0.05, 0.1) is 13.7 Å². The molecule has 0 saturated heterocycles. The van der Waals surface area contributed by atoms with E-state index in [0.717, 1.165) is 11.4 Å². The summed E-state index contributed by atoms with van der Waals surface area (Å²) in [6, 6.07) is 9.23. The number of aromatic nitrogens is 2. The zero-order chi connectivity index (χ0) is 13.5. The Kier molecular flexibility index (Phi) is 6.55. The molecule has 7 heteroatoms. The van der Waals surface area contributed by atoms with Gasteiger partial charge < -0.3 is 20.5 Å². The van der Waals surface area contributed by atoms with Crippen molar-refractivity contribution in [2.75, 3.05) is 30.9 Å². The molecule has 0 unspecified atom stereocenters. The van der Waals surface area contributed by atoms with Crippen LogP contribution in [0.5, 0.6) is 5.75 Å². The van der Waals surface area contributed by atoms with Crippen LogP contribution < -0.4 is 15.4 Å². The van der Waals surface area contributed by atoms with Crippen LogP contribution in [0.3, 0.4) is 0 Å². The van der Waals surface area contributed by atoms with Gasteiger partial charge in [-0.05, 0) is 30.3 Å². The maximum Gasteiger partial charge on any atom is 0.229 e. The van der Waals surface area contributed by atoms with Gasteiger partial charge in [-0.15, -0.1) is 12.4 Å². The third kappa shape index (κ3) is 4.56. The molecule has 1 aromatic heterocycles. The van der Waals surface area contributed by atoms with E-state index in [9.17, 15) is 0 Å². The highest BCUT2D eigenvalue weighted by molar-refractivity contribution is 5.85. The van der Waals surface area contributed by atoms with Crippen molar-refractivity contribution in [1.29, 1.82) is 0 Å². The van der Waals surface area contributed by atoms with Crippen LogP contribution in [0.15, 0.2) is 36.5 Å². The predicted octanol–water partition coefficient (Wildman–Crippen LogP) is 2.05. The molecule has 20 heavy (non-hydrogen) atoms. The van der Waals surface area contributed by atoms with E-state index in [2.05, 4.69) is 20.6 Å². The van der Waals surface area contributed by atoms with Crippen LogP contribution in [0.4, 0.5) is 17.5 Å². The van der Waals surface area contributed by atoms with Crippen molar-refractivity contribution in [2.24, 2.45) is 0 Å². The summed E-state index contributed by atoms with van der Waals surface area (Å²) in [5, 5.41) is 14.8. The Bertz CT molecular complexity index is 522. The molecule has 0 aliphatic rings. The number of hydrogen-bond acceptors (Lipinski definition) is 6. The van der Waals surface area contributed by atoms with Gasteiger partial charge in [0.2, 0.25) is 5.95 Å². The molecule has 0 fully saturated rings. The van der Waals surface area contributed by atoms with E-state index >= 15 is 0 Å². The third-order valence-electron chi connectivity index (χ3n) is 2.42. The van der Waals surface area contributed by atoms with Crippen molar-refractivity contribution >= 4 is 29.9 Å². The smallest absolute Gasteiger partial charge is 0.229 e. The normalized spacial score (nSPS) is 9.50. The molecule has 0 aliphatic carbocycles. The van der Waals surface area contributed by atoms with E-state index in [1.54, 1.807) is 19.4 Å². The van der Waals surface area contributed by atoms with Crippen LogP contribution in [0.25, 0.3) is 0 Å². The molecule has 0 spiro atoms. The van der Waals surface area contributed by atoms with Crippen LogP contribution >= 0.6 is 12.4 Å². The first-order valence-corrected chi connectivity index (χ1v) is 5.90. The second-order valence-electron chi connectivity index (χ2n) is 3.77. The third-order valence-corrected chi connectivity index (χ3v) is 2.42. The summed E-state index contributed by atoms with van der Waals surface area (Å²) in [6.45, 7) is 0.518. The minimum atomic E-state index is 0. The van der Waals surface area contributed by atoms with E-state index in [1.165, 1.54) is 0 Å². The fourth-order valence-corrected chi connectivity index (χ4v) is 1.50. The number of halogens is 1. The second-order valence-corrected chi connectivity index (χ2v) is 3.77. The van der Waals surface area contributed by atoms with Crippen molar-refractivity contribution in [2.45, 2.75) is 0 Å². The molecule has 0 amide bonds. The number of anilines is 3. The van der Waals surface area contributed by atoms with Gasteiger partial charge in [0.25, 0.3) is 0 Å². The molecule has 0 saturated carbocycles. The second kappa shape index (κ2) is 8.19. The molecule has 108 valence electrons. The highest BCUT2D eigenvalue weighted by atomic mass is 35.5. The van der Waals surface area contributed by atoms with Crippen molar-refractivity contribution < 1.29 is 9.84 Å². The van der Waals surface area contributed by atoms with Gasteiger partial charge in [0, 0.05) is 18.4 Å². The number of hydrogen-bond donors (Lipinski definition) is 3. The van der Waals surface area contributed by atoms with Gasteiger partial charge in [-0.1, -0.05) is 0 Å². The van der Waals surface area contributed by atoms with Gasteiger partial charge in [0.15, 0.2) is 0 Å². The summed E-state index contributed by atoms with van der Waals surface area (Å²) in [4.78, 5) is 8.40. The maximum atomic E-state index is 8.75. The number of benzene rings is 1. The first-order chi connectivity index (χ1) is 9.31. The molecule has 0 radical (unpaired) electrons. The van der Waals surface area contributed by atoms with Crippen molar-refractivity contribution in [3.8, 4) is 5.75 Å². The lowest BCUT2D eigenvalue weighted by Crippen LogP contribution is -2.08. The summed E-state index contributed by atoms with van der Waals surface area (Å²) in [5.41, 5.74) is 0.875. The van der Waals surface area contributed by atoms with Crippen LogP contribution in [0.1, 0.15) is 0 Å². The molecule has 2 rings (SSSR count). The Morgan fingerprint density at radius 2 is 1.95 bits per heavy atom. The number of nitrogens with one attached hydrogen (secondary N) is 2. The van der Waals surface area contributed by atoms with Gasteiger partial charge in [-0.2, -0.15) is 4.98 Å². The van der Waals surface area contributed by atoms with Crippen molar-refractivity contribution in [3.63, 3.8) is 0 Å². The van der Waals surface area contributed by atoms with E-state index in [1.807, 2.05) is 24.3 Å². The quantitative estimate of drug-likeness (QED) is 0.757. The fourth-order valence-electron chi connectivity index (χ4n) is 1.50. The number of aliphatic hydroxyl groups is 1. The Balaban J connectivity index is 0.00000200. The molecule has 1 aromatic carbocycles. The summed E-state index contributed by atoms with van der Waals surface area (Å²) >= 11 is 0. The Labute approximate surface area is 123 Å².